The number of likely N-dealkylation sites (tertiary alicyclic amines) is 2. The van der Waals surface area contributed by atoms with Gasteiger partial charge in [-0.1, -0.05) is 0 Å². The summed E-state index contributed by atoms with van der Waals surface area (Å²) in [4.78, 5) is 4.86. The van der Waals surface area contributed by atoms with Crippen molar-refractivity contribution >= 4 is 0 Å². The Hall–Kier alpha value is -0.160. The van der Waals surface area contributed by atoms with E-state index in [1.54, 1.807) is 0 Å². The molecule has 0 aliphatic carbocycles. The summed E-state index contributed by atoms with van der Waals surface area (Å²) in [6.45, 7) is 9.71. The topological polar surface area (TPSA) is 30.5 Å². The lowest BCUT2D eigenvalue weighted by molar-refractivity contribution is 0.382. The monoisotopic (exact) mass is 254 g/mol. The summed E-state index contributed by atoms with van der Waals surface area (Å²) < 4.78 is 0. The fourth-order valence-electron chi connectivity index (χ4n) is 3.17. The number of hydrogen-bond donors (Lipinski definition) is 2. The Bertz CT molecular complexity index is 210. The highest BCUT2D eigenvalue weighted by Crippen LogP contribution is 2.13. The van der Waals surface area contributed by atoms with Gasteiger partial charge in [0.1, 0.15) is 0 Å². The van der Waals surface area contributed by atoms with Crippen LogP contribution in [-0.4, -0.2) is 76.3 Å². The van der Waals surface area contributed by atoms with Crippen molar-refractivity contribution in [2.45, 2.75) is 12.8 Å². The minimum Gasteiger partial charge on any atom is -0.315 e. The van der Waals surface area contributed by atoms with Crippen LogP contribution < -0.4 is 10.6 Å². The van der Waals surface area contributed by atoms with Crippen molar-refractivity contribution in [2.24, 2.45) is 11.8 Å². The van der Waals surface area contributed by atoms with Crippen LogP contribution in [0, 0.1) is 11.8 Å². The summed E-state index contributed by atoms with van der Waals surface area (Å²) in [5, 5.41) is 7.16. The largest absolute Gasteiger partial charge is 0.315 e. The third-order valence-electron chi connectivity index (χ3n) is 4.32. The molecule has 2 N–H and O–H groups in total. The standard InChI is InChI=1S/C14H30N4/c1-17-7-3-13(11-17)9-15-5-6-16-10-14-4-8-18(2)12-14/h13-16H,3-12H2,1-2H3. The summed E-state index contributed by atoms with van der Waals surface area (Å²) in [6, 6.07) is 0. The quantitative estimate of drug-likeness (QED) is 0.630. The average Bonchev–Trinajstić information content (AvgIpc) is 2.93. The van der Waals surface area contributed by atoms with E-state index in [0.717, 1.165) is 24.9 Å². The van der Waals surface area contributed by atoms with Gasteiger partial charge in [0.05, 0.1) is 0 Å². The van der Waals surface area contributed by atoms with Gasteiger partial charge in [0, 0.05) is 26.2 Å². The molecule has 0 saturated carbocycles. The first kappa shape index (κ1) is 14.3. The highest BCUT2D eigenvalue weighted by Gasteiger charge is 2.19. The summed E-state index contributed by atoms with van der Waals surface area (Å²) in [6.07, 6.45) is 2.73. The van der Waals surface area contributed by atoms with Crippen LogP contribution in [0.1, 0.15) is 12.8 Å². The van der Waals surface area contributed by atoms with E-state index in [1.165, 1.54) is 52.1 Å². The Morgan fingerprint density at radius 2 is 1.28 bits per heavy atom. The maximum Gasteiger partial charge on any atom is 0.00768 e. The zero-order valence-electron chi connectivity index (χ0n) is 12.1. The Morgan fingerprint density at radius 3 is 1.61 bits per heavy atom. The van der Waals surface area contributed by atoms with Crippen molar-refractivity contribution in [1.82, 2.24) is 20.4 Å². The van der Waals surface area contributed by atoms with Crippen LogP contribution in [0.15, 0.2) is 0 Å². The zero-order chi connectivity index (χ0) is 12.8. The Labute approximate surface area is 112 Å². The van der Waals surface area contributed by atoms with E-state index in [0.29, 0.717) is 0 Å². The van der Waals surface area contributed by atoms with Gasteiger partial charge in [-0.2, -0.15) is 0 Å². The van der Waals surface area contributed by atoms with Crippen molar-refractivity contribution < 1.29 is 0 Å². The van der Waals surface area contributed by atoms with Crippen LogP contribution in [0.2, 0.25) is 0 Å². The van der Waals surface area contributed by atoms with Gasteiger partial charge in [-0.3, -0.25) is 0 Å². The number of rotatable bonds is 7. The third kappa shape index (κ3) is 4.84. The van der Waals surface area contributed by atoms with E-state index in [4.69, 9.17) is 0 Å². The smallest absolute Gasteiger partial charge is 0.00768 e. The van der Waals surface area contributed by atoms with E-state index >= 15 is 0 Å². The van der Waals surface area contributed by atoms with E-state index in [9.17, 15) is 0 Å². The van der Waals surface area contributed by atoms with Crippen molar-refractivity contribution in [3.63, 3.8) is 0 Å². The Balaban J connectivity index is 1.40. The van der Waals surface area contributed by atoms with Gasteiger partial charge in [0.15, 0.2) is 0 Å². The van der Waals surface area contributed by atoms with Crippen LogP contribution in [-0.2, 0) is 0 Å². The molecule has 2 fully saturated rings. The maximum atomic E-state index is 3.58. The molecule has 2 aliphatic heterocycles. The van der Waals surface area contributed by atoms with Gasteiger partial charge in [-0.25, -0.2) is 0 Å². The molecular formula is C14H30N4. The lowest BCUT2D eigenvalue weighted by atomic mass is 10.1. The molecule has 0 radical (unpaired) electrons. The minimum absolute atomic E-state index is 0.874. The zero-order valence-corrected chi connectivity index (χ0v) is 12.1. The predicted octanol–water partition coefficient (Wildman–Crippen LogP) is 0.0690. The van der Waals surface area contributed by atoms with Crippen LogP contribution in [0.4, 0.5) is 0 Å². The Kier molecular flexibility index (Phi) is 5.89. The molecule has 0 bridgehead atoms. The normalized spacial score (nSPS) is 30.3. The summed E-state index contributed by atoms with van der Waals surface area (Å²) in [7, 11) is 4.44. The Morgan fingerprint density at radius 1 is 0.833 bits per heavy atom. The second-order valence-electron chi connectivity index (χ2n) is 6.24. The van der Waals surface area contributed by atoms with Gasteiger partial charge in [-0.05, 0) is 65.0 Å². The van der Waals surface area contributed by atoms with Crippen molar-refractivity contribution in [1.29, 1.82) is 0 Å². The van der Waals surface area contributed by atoms with E-state index in [1.807, 2.05) is 0 Å². The molecule has 0 amide bonds. The molecule has 106 valence electrons. The molecule has 0 spiro atoms. The van der Waals surface area contributed by atoms with Crippen molar-refractivity contribution in [2.75, 3.05) is 66.5 Å². The second kappa shape index (κ2) is 7.43. The summed E-state index contributed by atoms with van der Waals surface area (Å²) >= 11 is 0. The first-order chi connectivity index (χ1) is 8.74. The summed E-state index contributed by atoms with van der Waals surface area (Å²) in [5.41, 5.74) is 0. The predicted molar refractivity (Wildman–Crippen MR) is 76.9 cm³/mol. The lowest BCUT2D eigenvalue weighted by Crippen LogP contribution is -2.34. The molecule has 2 atom stereocenters. The van der Waals surface area contributed by atoms with Crippen LogP contribution in [0.5, 0.6) is 0 Å². The fourth-order valence-corrected chi connectivity index (χ4v) is 3.17. The highest BCUT2D eigenvalue weighted by atomic mass is 15.1. The van der Waals surface area contributed by atoms with Crippen molar-refractivity contribution in [3.8, 4) is 0 Å². The van der Waals surface area contributed by atoms with E-state index in [2.05, 4.69) is 34.5 Å². The molecule has 2 rings (SSSR count). The second-order valence-corrected chi connectivity index (χ2v) is 6.24. The molecule has 2 unspecified atom stereocenters. The summed E-state index contributed by atoms with van der Waals surface area (Å²) in [5.74, 6) is 1.75. The molecule has 0 aromatic carbocycles. The minimum atomic E-state index is 0.874. The molecule has 4 heteroatoms. The lowest BCUT2D eigenvalue weighted by Gasteiger charge is -2.13. The average molecular weight is 254 g/mol. The first-order valence-electron chi connectivity index (χ1n) is 7.52. The third-order valence-corrected chi connectivity index (χ3v) is 4.32. The van der Waals surface area contributed by atoms with Crippen LogP contribution >= 0.6 is 0 Å². The van der Waals surface area contributed by atoms with Gasteiger partial charge in [0.2, 0.25) is 0 Å². The van der Waals surface area contributed by atoms with Gasteiger partial charge >= 0.3 is 0 Å². The number of nitrogens with zero attached hydrogens (tertiary/aromatic N) is 2. The molecule has 2 aliphatic rings. The van der Waals surface area contributed by atoms with E-state index < -0.39 is 0 Å². The molecule has 4 nitrogen and oxygen atoms in total. The van der Waals surface area contributed by atoms with Gasteiger partial charge in [-0.15, -0.1) is 0 Å². The SMILES string of the molecule is CN1CCC(CNCCNCC2CCN(C)C2)C1. The molecule has 18 heavy (non-hydrogen) atoms. The maximum absolute atomic E-state index is 3.58. The highest BCUT2D eigenvalue weighted by molar-refractivity contribution is 4.76. The number of nitrogens with one attached hydrogen (secondary N) is 2. The molecule has 2 saturated heterocycles. The van der Waals surface area contributed by atoms with Crippen LogP contribution in [0.3, 0.4) is 0 Å². The van der Waals surface area contributed by atoms with Crippen molar-refractivity contribution in [3.05, 3.63) is 0 Å². The molecular weight excluding hydrogens is 224 g/mol. The fraction of sp³-hybridized carbons (Fsp3) is 1.00. The van der Waals surface area contributed by atoms with E-state index in [-0.39, 0.29) is 0 Å². The van der Waals surface area contributed by atoms with Crippen LogP contribution in [0.25, 0.3) is 0 Å². The van der Waals surface area contributed by atoms with Gasteiger partial charge in [0.25, 0.3) is 0 Å². The molecule has 0 aromatic heterocycles. The number of hydrogen-bond acceptors (Lipinski definition) is 4. The molecule has 0 aromatic rings. The first-order valence-corrected chi connectivity index (χ1v) is 7.52. The van der Waals surface area contributed by atoms with Gasteiger partial charge < -0.3 is 20.4 Å². The molecule has 2 heterocycles.